The van der Waals surface area contributed by atoms with Crippen LogP contribution in [0.5, 0.6) is 5.75 Å². The molecule has 4 rings (SSSR count). The van der Waals surface area contributed by atoms with Crippen molar-refractivity contribution in [2.75, 3.05) is 23.3 Å². The Morgan fingerprint density at radius 2 is 1.97 bits per heavy atom. The van der Waals surface area contributed by atoms with E-state index in [1.807, 2.05) is 12.1 Å². The van der Waals surface area contributed by atoms with Gasteiger partial charge in [0.1, 0.15) is 11.6 Å². The topological polar surface area (TPSA) is 67.4 Å². The fourth-order valence-corrected chi connectivity index (χ4v) is 3.89. The van der Waals surface area contributed by atoms with Gasteiger partial charge in [0, 0.05) is 48.5 Å². The minimum Gasteiger partial charge on any atom is -0.406 e. The number of nitrogens with one attached hydrogen (secondary N) is 1. The molecule has 1 amide bonds. The molecule has 1 aliphatic heterocycles. The molecular weight excluding hydrogens is 433 g/mol. The molecule has 0 unspecified atom stereocenters. The summed E-state index contributed by atoms with van der Waals surface area (Å²) in [6.45, 7) is 3.99. The molecule has 0 saturated carbocycles. The number of rotatable bonds is 5. The molecule has 1 fully saturated rings. The molecule has 3 aromatic rings. The number of aromatic nitrogens is 2. The quantitative estimate of drug-likeness (QED) is 0.547. The number of hydrogen-bond donors (Lipinski definition) is 1. The van der Waals surface area contributed by atoms with Crippen molar-refractivity contribution in [1.82, 2.24) is 9.97 Å². The summed E-state index contributed by atoms with van der Waals surface area (Å²) >= 11 is 0. The highest BCUT2D eigenvalue weighted by molar-refractivity contribution is 6.05. The van der Waals surface area contributed by atoms with E-state index in [9.17, 15) is 18.0 Å². The molecule has 3 heterocycles. The van der Waals surface area contributed by atoms with E-state index in [2.05, 4.69) is 31.8 Å². The summed E-state index contributed by atoms with van der Waals surface area (Å²) < 4.78 is 40.9. The van der Waals surface area contributed by atoms with Crippen molar-refractivity contribution in [1.29, 1.82) is 0 Å². The van der Waals surface area contributed by atoms with Gasteiger partial charge in [0.25, 0.3) is 5.91 Å². The van der Waals surface area contributed by atoms with Gasteiger partial charge in [-0.1, -0.05) is 13.0 Å². The van der Waals surface area contributed by atoms with E-state index >= 15 is 0 Å². The minimum absolute atomic E-state index is 0.332. The lowest BCUT2D eigenvalue weighted by Gasteiger charge is -2.33. The predicted molar refractivity (Wildman–Crippen MR) is 119 cm³/mol. The molecule has 1 atom stereocenters. The lowest BCUT2D eigenvalue weighted by atomic mass is 9.98. The van der Waals surface area contributed by atoms with Gasteiger partial charge in [-0.3, -0.25) is 9.78 Å². The normalized spacial score (nSPS) is 16.4. The molecule has 172 valence electrons. The van der Waals surface area contributed by atoms with Crippen molar-refractivity contribution in [2.24, 2.45) is 5.92 Å². The molecule has 33 heavy (non-hydrogen) atoms. The highest BCUT2D eigenvalue weighted by atomic mass is 19.4. The molecule has 6 nitrogen and oxygen atoms in total. The first kappa shape index (κ1) is 22.6. The molecular formula is C24H23F3N4O2. The number of nitrogens with zero attached hydrogens (tertiary/aromatic N) is 3. The maximum atomic E-state index is 12.9. The van der Waals surface area contributed by atoms with Crippen molar-refractivity contribution in [2.45, 2.75) is 26.1 Å². The number of anilines is 2. The molecule has 2 aromatic heterocycles. The Morgan fingerprint density at radius 1 is 1.18 bits per heavy atom. The third-order valence-electron chi connectivity index (χ3n) is 5.40. The van der Waals surface area contributed by atoms with Gasteiger partial charge in [0.05, 0.1) is 5.56 Å². The summed E-state index contributed by atoms with van der Waals surface area (Å²) in [7, 11) is 0. The number of piperidine rings is 1. The van der Waals surface area contributed by atoms with Crippen LogP contribution in [-0.4, -0.2) is 35.3 Å². The number of carbonyl (C=O) groups is 1. The van der Waals surface area contributed by atoms with Crippen LogP contribution in [0.25, 0.3) is 11.1 Å². The van der Waals surface area contributed by atoms with Crippen LogP contribution in [0, 0.1) is 5.92 Å². The van der Waals surface area contributed by atoms with E-state index in [1.165, 1.54) is 24.8 Å². The van der Waals surface area contributed by atoms with Gasteiger partial charge >= 0.3 is 6.36 Å². The van der Waals surface area contributed by atoms with Crippen LogP contribution >= 0.6 is 0 Å². The van der Waals surface area contributed by atoms with Gasteiger partial charge in [0.2, 0.25) is 0 Å². The fraction of sp³-hybridized carbons (Fsp3) is 0.292. The van der Waals surface area contributed by atoms with E-state index in [4.69, 9.17) is 0 Å². The Hall–Kier alpha value is -3.62. The monoisotopic (exact) mass is 456 g/mol. The maximum Gasteiger partial charge on any atom is 0.573 e. The Morgan fingerprint density at radius 3 is 2.64 bits per heavy atom. The van der Waals surface area contributed by atoms with Crippen LogP contribution in [0.1, 0.15) is 30.1 Å². The first-order chi connectivity index (χ1) is 15.8. The summed E-state index contributed by atoms with van der Waals surface area (Å²) in [5, 5.41) is 2.69. The van der Waals surface area contributed by atoms with Gasteiger partial charge in [-0.15, -0.1) is 13.2 Å². The Balaban J connectivity index is 1.58. The fourth-order valence-electron chi connectivity index (χ4n) is 3.89. The number of alkyl halides is 3. The number of benzene rings is 1. The van der Waals surface area contributed by atoms with Crippen molar-refractivity contribution in [3.05, 3.63) is 66.6 Å². The van der Waals surface area contributed by atoms with Gasteiger partial charge in [-0.2, -0.15) is 0 Å². The minimum atomic E-state index is -4.77. The number of amides is 1. The Bertz CT molecular complexity index is 1100. The van der Waals surface area contributed by atoms with E-state index in [-0.39, 0.29) is 5.75 Å². The largest absolute Gasteiger partial charge is 0.573 e. The Labute approximate surface area is 189 Å². The van der Waals surface area contributed by atoms with E-state index in [0.29, 0.717) is 17.2 Å². The van der Waals surface area contributed by atoms with Crippen LogP contribution in [0.15, 0.2) is 61.1 Å². The van der Waals surface area contributed by atoms with Crippen LogP contribution < -0.4 is 15.0 Å². The molecule has 9 heteroatoms. The molecule has 0 spiro atoms. The van der Waals surface area contributed by atoms with E-state index in [0.717, 1.165) is 48.6 Å². The number of hydrogen-bond acceptors (Lipinski definition) is 5. The van der Waals surface area contributed by atoms with Crippen LogP contribution in [0.2, 0.25) is 0 Å². The van der Waals surface area contributed by atoms with Gasteiger partial charge in [-0.05, 0) is 55.2 Å². The zero-order chi connectivity index (χ0) is 23.4. The highest BCUT2D eigenvalue weighted by Gasteiger charge is 2.31. The number of carbonyl (C=O) groups excluding carboxylic acids is 1. The van der Waals surface area contributed by atoms with Gasteiger partial charge in [-0.25, -0.2) is 4.98 Å². The SMILES string of the molecule is C[C@@H]1CCCN(c2ncc(C(=O)Nc3ccc(OC(F)(F)F)cc3)cc2-c2cccnc2)C1. The lowest BCUT2D eigenvalue weighted by Crippen LogP contribution is -2.35. The zero-order valence-corrected chi connectivity index (χ0v) is 18.0. The summed E-state index contributed by atoms with van der Waals surface area (Å²) in [6.07, 6.45) is 2.41. The van der Waals surface area contributed by atoms with Crippen molar-refractivity contribution < 1.29 is 22.7 Å². The number of ether oxygens (including phenoxy) is 1. The van der Waals surface area contributed by atoms with Crippen LogP contribution in [0.3, 0.4) is 0 Å². The van der Waals surface area contributed by atoms with E-state index in [1.54, 1.807) is 18.5 Å². The molecule has 0 aliphatic carbocycles. The first-order valence-electron chi connectivity index (χ1n) is 10.6. The Kier molecular flexibility index (Phi) is 6.48. The van der Waals surface area contributed by atoms with Crippen molar-refractivity contribution in [3.8, 4) is 16.9 Å². The molecule has 0 radical (unpaired) electrons. The number of pyridine rings is 2. The van der Waals surface area contributed by atoms with Crippen molar-refractivity contribution >= 4 is 17.4 Å². The molecule has 1 aliphatic rings. The third-order valence-corrected chi connectivity index (χ3v) is 5.40. The van der Waals surface area contributed by atoms with Crippen LogP contribution in [-0.2, 0) is 0 Å². The molecule has 0 bridgehead atoms. The summed E-state index contributed by atoms with van der Waals surface area (Å²) in [4.78, 5) is 23.9. The van der Waals surface area contributed by atoms with Gasteiger partial charge in [0.15, 0.2) is 0 Å². The first-order valence-corrected chi connectivity index (χ1v) is 10.6. The summed E-state index contributed by atoms with van der Waals surface area (Å²) in [6, 6.07) is 10.5. The highest BCUT2D eigenvalue weighted by Crippen LogP contribution is 2.32. The smallest absolute Gasteiger partial charge is 0.406 e. The maximum absolute atomic E-state index is 12.9. The van der Waals surface area contributed by atoms with E-state index < -0.39 is 12.3 Å². The predicted octanol–water partition coefficient (Wildman–Crippen LogP) is 5.53. The average molecular weight is 456 g/mol. The second-order valence-electron chi connectivity index (χ2n) is 8.06. The van der Waals surface area contributed by atoms with Crippen LogP contribution in [0.4, 0.5) is 24.7 Å². The standard InChI is InChI=1S/C24H23F3N4O2/c1-16-4-3-11-31(15-16)22-21(17-5-2-10-28-13-17)12-18(14-29-22)23(32)30-19-6-8-20(9-7-19)33-24(25,26)27/h2,5-10,12-14,16H,3-4,11,15H2,1H3,(H,30,32)/t16-/m1/s1. The van der Waals surface area contributed by atoms with Gasteiger partial charge < -0.3 is 15.0 Å². The summed E-state index contributed by atoms with van der Waals surface area (Å²) in [5.41, 5.74) is 2.32. The second kappa shape index (κ2) is 9.48. The van der Waals surface area contributed by atoms with Crippen molar-refractivity contribution in [3.63, 3.8) is 0 Å². The molecule has 1 aromatic carbocycles. The molecule has 1 N–H and O–H groups in total. The zero-order valence-electron chi connectivity index (χ0n) is 18.0. The summed E-state index contributed by atoms with van der Waals surface area (Å²) in [5.74, 6) is 0.575. The lowest BCUT2D eigenvalue weighted by molar-refractivity contribution is -0.274. The second-order valence-corrected chi connectivity index (χ2v) is 8.06. The molecule has 1 saturated heterocycles. The average Bonchev–Trinajstić information content (AvgIpc) is 2.79. The third kappa shape index (κ3) is 5.79. The number of halogens is 3.